The van der Waals surface area contributed by atoms with Gasteiger partial charge in [0.2, 0.25) is 0 Å². The fourth-order valence-electron chi connectivity index (χ4n) is 1.42. The van der Waals surface area contributed by atoms with Gasteiger partial charge in [0, 0.05) is 11.6 Å². The highest BCUT2D eigenvalue weighted by Gasteiger charge is 2.24. The van der Waals surface area contributed by atoms with Crippen LogP contribution in [0.15, 0.2) is 12.1 Å². The molecule has 0 amide bonds. The van der Waals surface area contributed by atoms with E-state index in [-0.39, 0.29) is 24.7 Å². The number of phenolic OH excluding ortho intramolecular Hbond substituents is 1. The van der Waals surface area contributed by atoms with E-state index in [4.69, 9.17) is 4.74 Å². The van der Waals surface area contributed by atoms with Crippen LogP contribution in [0.2, 0.25) is 0 Å². The zero-order chi connectivity index (χ0) is 9.42. The van der Waals surface area contributed by atoms with E-state index in [1.165, 1.54) is 12.1 Å². The monoisotopic (exact) mass is 181 g/mol. The Bertz CT molecular complexity index is 375. The molecule has 0 unspecified atom stereocenters. The van der Waals surface area contributed by atoms with E-state index in [9.17, 15) is 15.2 Å². The van der Waals surface area contributed by atoms with E-state index in [1.54, 1.807) is 0 Å². The zero-order valence-electron chi connectivity index (χ0n) is 6.69. The van der Waals surface area contributed by atoms with Gasteiger partial charge in [-0.25, -0.2) is 0 Å². The van der Waals surface area contributed by atoms with Crippen LogP contribution < -0.4 is 0 Å². The van der Waals surface area contributed by atoms with Crippen LogP contribution in [-0.2, 0) is 18.0 Å². The third kappa shape index (κ3) is 1.13. The molecule has 0 spiro atoms. The van der Waals surface area contributed by atoms with Crippen molar-refractivity contribution in [2.24, 2.45) is 0 Å². The quantitative estimate of drug-likeness (QED) is 0.524. The lowest BCUT2D eigenvalue weighted by Crippen LogP contribution is -1.94. The van der Waals surface area contributed by atoms with Gasteiger partial charge < -0.3 is 9.84 Å². The van der Waals surface area contributed by atoms with E-state index in [2.05, 4.69) is 0 Å². The topological polar surface area (TPSA) is 72.6 Å². The minimum absolute atomic E-state index is 0.0188. The first-order valence-corrected chi connectivity index (χ1v) is 3.76. The van der Waals surface area contributed by atoms with E-state index < -0.39 is 4.92 Å². The van der Waals surface area contributed by atoms with Gasteiger partial charge in [-0.2, -0.15) is 0 Å². The minimum Gasteiger partial charge on any atom is -0.508 e. The van der Waals surface area contributed by atoms with Crippen molar-refractivity contribution in [3.63, 3.8) is 0 Å². The molecule has 1 aliphatic heterocycles. The minimum atomic E-state index is -0.465. The first kappa shape index (κ1) is 8.00. The lowest BCUT2D eigenvalue weighted by Gasteiger charge is -2.00. The van der Waals surface area contributed by atoms with Crippen molar-refractivity contribution in [3.05, 3.63) is 33.4 Å². The van der Waals surface area contributed by atoms with Crippen LogP contribution >= 0.6 is 0 Å². The lowest BCUT2D eigenvalue weighted by molar-refractivity contribution is -0.385. The molecule has 1 aliphatic rings. The van der Waals surface area contributed by atoms with Crippen molar-refractivity contribution in [2.45, 2.75) is 13.2 Å². The summed E-state index contributed by atoms with van der Waals surface area (Å²) in [5.41, 5.74) is 1.05. The molecule has 1 N–H and O–H groups in total. The van der Waals surface area contributed by atoms with Gasteiger partial charge in [0.05, 0.1) is 23.7 Å². The van der Waals surface area contributed by atoms with Crippen molar-refractivity contribution in [1.82, 2.24) is 0 Å². The Labute approximate surface area is 73.7 Å². The smallest absolute Gasteiger partial charge is 0.275 e. The second-order valence-electron chi connectivity index (χ2n) is 2.81. The maximum Gasteiger partial charge on any atom is 0.275 e. The Hall–Kier alpha value is -1.62. The van der Waals surface area contributed by atoms with Gasteiger partial charge in [-0.3, -0.25) is 10.1 Å². The molecule has 0 bridgehead atoms. The van der Waals surface area contributed by atoms with Gasteiger partial charge in [0.1, 0.15) is 5.75 Å². The fourth-order valence-corrected chi connectivity index (χ4v) is 1.42. The van der Waals surface area contributed by atoms with Gasteiger partial charge in [0.25, 0.3) is 5.69 Å². The molecule has 5 heteroatoms. The number of fused-ring (bicyclic) bond motifs is 1. The Balaban J connectivity index is 2.62. The van der Waals surface area contributed by atoms with Crippen LogP contribution in [0.3, 0.4) is 0 Å². The SMILES string of the molecule is O=[N+]([O-])c1ccc(O)c2c1COC2. The molecular weight excluding hydrogens is 174 g/mol. The molecule has 13 heavy (non-hydrogen) atoms. The fraction of sp³-hybridized carbons (Fsp3) is 0.250. The predicted molar refractivity (Wildman–Crippen MR) is 43.3 cm³/mol. The molecule has 0 saturated heterocycles. The summed E-state index contributed by atoms with van der Waals surface area (Å²) < 4.78 is 5.02. The van der Waals surface area contributed by atoms with Gasteiger partial charge in [-0.1, -0.05) is 0 Å². The molecule has 0 atom stereocenters. The molecule has 1 aromatic rings. The van der Waals surface area contributed by atoms with E-state index >= 15 is 0 Å². The van der Waals surface area contributed by atoms with Gasteiger partial charge in [-0.15, -0.1) is 0 Å². The third-order valence-electron chi connectivity index (χ3n) is 2.07. The first-order valence-electron chi connectivity index (χ1n) is 3.76. The predicted octanol–water partition coefficient (Wildman–Crippen LogP) is 1.33. The summed E-state index contributed by atoms with van der Waals surface area (Å²) in [6, 6.07) is 2.62. The van der Waals surface area contributed by atoms with Gasteiger partial charge in [0.15, 0.2) is 0 Å². The number of rotatable bonds is 1. The maximum atomic E-state index is 10.5. The van der Waals surface area contributed by atoms with E-state index in [0.29, 0.717) is 11.1 Å². The number of ether oxygens (including phenoxy) is 1. The molecule has 2 rings (SSSR count). The molecule has 5 nitrogen and oxygen atoms in total. The molecule has 1 heterocycles. The second-order valence-corrected chi connectivity index (χ2v) is 2.81. The van der Waals surface area contributed by atoms with Crippen LogP contribution in [0.5, 0.6) is 5.75 Å². The number of nitro benzene ring substituents is 1. The maximum absolute atomic E-state index is 10.5. The molecule has 0 radical (unpaired) electrons. The zero-order valence-corrected chi connectivity index (χ0v) is 6.69. The third-order valence-corrected chi connectivity index (χ3v) is 2.07. The normalized spacial score (nSPS) is 14.2. The number of phenols is 1. The number of nitrogens with zero attached hydrogens (tertiary/aromatic N) is 1. The summed E-state index contributed by atoms with van der Waals surface area (Å²) in [6.07, 6.45) is 0. The number of nitro groups is 1. The summed E-state index contributed by atoms with van der Waals surface area (Å²) in [5.74, 6) is 0.0677. The standard InChI is InChI=1S/C8H7NO4/c10-8-2-1-7(9(11)12)5-3-13-4-6(5)8/h1-2,10H,3-4H2. The van der Waals surface area contributed by atoms with Gasteiger partial charge in [-0.05, 0) is 6.07 Å². The Morgan fingerprint density at radius 3 is 2.77 bits per heavy atom. The van der Waals surface area contributed by atoms with Crippen molar-refractivity contribution in [2.75, 3.05) is 0 Å². The van der Waals surface area contributed by atoms with Crippen molar-refractivity contribution in [3.8, 4) is 5.75 Å². The number of aromatic hydroxyl groups is 1. The van der Waals surface area contributed by atoms with Crippen LogP contribution in [0, 0.1) is 10.1 Å². The average Bonchev–Trinajstić information content (AvgIpc) is 2.53. The van der Waals surface area contributed by atoms with Crippen LogP contribution in [0.4, 0.5) is 5.69 Å². The summed E-state index contributed by atoms with van der Waals surface area (Å²) in [7, 11) is 0. The Morgan fingerprint density at radius 1 is 1.38 bits per heavy atom. The van der Waals surface area contributed by atoms with Crippen LogP contribution in [-0.4, -0.2) is 10.0 Å². The van der Waals surface area contributed by atoms with Crippen LogP contribution in [0.1, 0.15) is 11.1 Å². The number of hydrogen-bond acceptors (Lipinski definition) is 4. The lowest BCUT2D eigenvalue weighted by atomic mass is 10.1. The van der Waals surface area contributed by atoms with Crippen molar-refractivity contribution < 1.29 is 14.8 Å². The molecule has 0 aliphatic carbocycles. The summed E-state index contributed by atoms with van der Waals surface area (Å²) in [5, 5.41) is 19.9. The van der Waals surface area contributed by atoms with E-state index in [0.717, 1.165) is 0 Å². The van der Waals surface area contributed by atoms with E-state index in [1.807, 2.05) is 0 Å². The summed E-state index contributed by atoms with van der Waals surface area (Å²) in [6.45, 7) is 0.461. The number of hydrogen-bond donors (Lipinski definition) is 1. The average molecular weight is 181 g/mol. The Kier molecular flexibility index (Phi) is 1.66. The highest BCUT2D eigenvalue weighted by molar-refractivity contribution is 5.52. The van der Waals surface area contributed by atoms with Gasteiger partial charge >= 0.3 is 0 Å². The number of benzene rings is 1. The first-order chi connectivity index (χ1) is 6.20. The highest BCUT2D eigenvalue weighted by Crippen LogP contribution is 2.34. The molecule has 0 fully saturated rings. The largest absolute Gasteiger partial charge is 0.508 e. The van der Waals surface area contributed by atoms with Crippen molar-refractivity contribution in [1.29, 1.82) is 0 Å². The summed E-state index contributed by atoms with van der Waals surface area (Å²) >= 11 is 0. The Morgan fingerprint density at radius 2 is 2.08 bits per heavy atom. The highest BCUT2D eigenvalue weighted by atomic mass is 16.6. The summed E-state index contributed by atoms with van der Waals surface area (Å²) in [4.78, 5) is 10.1. The van der Waals surface area contributed by atoms with Crippen LogP contribution in [0.25, 0.3) is 0 Å². The second kappa shape index (κ2) is 2.70. The molecule has 0 saturated carbocycles. The molecule has 68 valence electrons. The van der Waals surface area contributed by atoms with Crippen molar-refractivity contribution >= 4 is 5.69 Å². The molecule has 1 aromatic carbocycles. The molecule has 0 aromatic heterocycles. The molecular formula is C8H7NO4.